The molecule has 1 nitrogen and oxygen atoms in total. The van der Waals surface area contributed by atoms with Crippen LogP contribution in [0.2, 0.25) is 0 Å². The molecule has 2 atom stereocenters. The molecule has 22 heavy (non-hydrogen) atoms. The van der Waals surface area contributed by atoms with Crippen LogP contribution >= 0.6 is 12.4 Å². The normalized spacial score (nSPS) is 15.3. The summed E-state index contributed by atoms with van der Waals surface area (Å²) >= 11 is 0. The molecule has 0 aliphatic carbocycles. The first-order valence-electron chi connectivity index (χ1n) is 6.51. The largest absolute Gasteiger partial charge is 0.401 e. The maximum absolute atomic E-state index is 12.7. The zero-order valence-corrected chi connectivity index (χ0v) is 12.8. The SMILES string of the molecule is CC[C@@H](N[C@H](C)c1ccccc1)C(C(F)(F)F)C(F)(F)F.Cl. The van der Waals surface area contributed by atoms with Crippen molar-refractivity contribution >= 4 is 12.4 Å². The summed E-state index contributed by atoms with van der Waals surface area (Å²) in [6, 6.07) is 6.06. The third-order valence-electron chi connectivity index (χ3n) is 3.31. The first-order chi connectivity index (χ1) is 9.57. The summed E-state index contributed by atoms with van der Waals surface area (Å²) < 4.78 is 76.5. The number of alkyl halides is 6. The van der Waals surface area contributed by atoms with Crippen LogP contribution in [0, 0.1) is 5.92 Å². The van der Waals surface area contributed by atoms with Crippen LogP contribution in [0.3, 0.4) is 0 Å². The number of nitrogens with one attached hydrogen (secondary N) is 1. The molecule has 8 heteroatoms. The van der Waals surface area contributed by atoms with Gasteiger partial charge in [0.1, 0.15) is 0 Å². The molecule has 0 aliphatic rings. The summed E-state index contributed by atoms with van der Waals surface area (Å²) in [5.74, 6) is -3.37. The Kier molecular flexibility index (Phi) is 7.71. The lowest BCUT2D eigenvalue weighted by Gasteiger charge is -2.32. The van der Waals surface area contributed by atoms with Crippen LogP contribution in [-0.2, 0) is 0 Å². The van der Waals surface area contributed by atoms with Crippen LogP contribution in [0.25, 0.3) is 0 Å². The highest BCUT2D eigenvalue weighted by Crippen LogP contribution is 2.42. The van der Waals surface area contributed by atoms with Gasteiger partial charge in [-0.15, -0.1) is 12.4 Å². The Balaban J connectivity index is 0.00000441. The Morgan fingerprint density at radius 3 is 1.77 bits per heavy atom. The van der Waals surface area contributed by atoms with E-state index in [1.165, 1.54) is 6.92 Å². The lowest BCUT2D eigenvalue weighted by molar-refractivity contribution is -0.292. The van der Waals surface area contributed by atoms with Crippen LogP contribution in [-0.4, -0.2) is 18.4 Å². The molecule has 0 radical (unpaired) electrons. The lowest BCUT2D eigenvalue weighted by Crippen LogP contribution is -2.51. The molecule has 1 aromatic rings. The maximum Gasteiger partial charge on any atom is 0.401 e. The minimum Gasteiger partial charge on any atom is -0.306 e. The van der Waals surface area contributed by atoms with Gasteiger partial charge >= 0.3 is 12.4 Å². The molecule has 1 rings (SSSR count). The van der Waals surface area contributed by atoms with Gasteiger partial charge in [-0.3, -0.25) is 0 Å². The molecule has 0 saturated heterocycles. The summed E-state index contributed by atoms with van der Waals surface area (Å²) in [6.45, 7) is 2.85. The number of hydrogen-bond donors (Lipinski definition) is 1. The highest BCUT2D eigenvalue weighted by Gasteiger charge is 2.59. The van der Waals surface area contributed by atoms with Crippen LogP contribution in [0.1, 0.15) is 31.9 Å². The van der Waals surface area contributed by atoms with Crippen molar-refractivity contribution in [3.8, 4) is 0 Å². The number of hydrogen-bond acceptors (Lipinski definition) is 1. The number of halogens is 7. The van der Waals surface area contributed by atoms with E-state index in [2.05, 4.69) is 5.32 Å². The molecule has 0 aromatic heterocycles. The molecule has 0 unspecified atom stereocenters. The van der Waals surface area contributed by atoms with Gasteiger partial charge in [0.05, 0.1) is 0 Å². The summed E-state index contributed by atoms with van der Waals surface area (Å²) in [5.41, 5.74) is 0.638. The van der Waals surface area contributed by atoms with Gasteiger partial charge in [-0.2, -0.15) is 26.3 Å². The van der Waals surface area contributed by atoms with Gasteiger partial charge in [-0.05, 0) is 18.9 Å². The van der Waals surface area contributed by atoms with E-state index < -0.39 is 30.4 Å². The summed E-state index contributed by atoms with van der Waals surface area (Å²) in [5, 5.41) is 2.46. The lowest BCUT2D eigenvalue weighted by atomic mass is 9.94. The van der Waals surface area contributed by atoms with Crippen LogP contribution in [0.15, 0.2) is 30.3 Å². The second kappa shape index (κ2) is 8.06. The molecule has 0 amide bonds. The van der Waals surface area contributed by atoms with Gasteiger partial charge in [-0.25, -0.2) is 0 Å². The Morgan fingerprint density at radius 2 is 1.41 bits per heavy atom. The number of rotatable bonds is 5. The Bertz CT molecular complexity index is 417. The van der Waals surface area contributed by atoms with Gasteiger partial charge in [0.2, 0.25) is 0 Å². The molecule has 0 heterocycles. The van der Waals surface area contributed by atoms with E-state index in [9.17, 15) is 26.3 Å². The number of benzene rings is 1. The standard InChI is InChI=1S/C14H17F6N.ClH/c1-3-11(12(13(15,16)17)14(18,19)20)21-9(2)10-7-5-4-6-8-10;/h4-9,11-12,21H,3H2,1-2H3;1H/t9-,11-;/m1./s1. The third kappa shape index (κ3) is 5.68. The third-order valence-corrected chi connectivity index (χ3v) is 3.31. The van der Waals surface area contributed by atoms with Crippen LogP contribution in [0.5, 0.6) is 0 Å². The van der Waals surface area contributed by atoms with Crippen LogP contribution < -0.4 is 5.32 Å². The quantitative estimate of drug-likeness (QED) is 0.713. The summed E-state index contributed by atoms with van der Waals surface area (Å²) in [7, 11) is 0. The Morgan fingerprint density at radius 1 is 0.955 bits per heavy atom. The van der Waals surface area contributed by atoms with E-state index in [-0.39, 0.29) is 18.8 Å². The van der Waals surface area contributed by atoms with Crippen molar-refractivity contribution < 1.29 is 26.3 Å². The molecule has 0 fully saturated rings. The second-order valence-corrected chi connectivity index (χ2v) is 4.87. The maximum atomic E-state index is 12.7. The van der Waals surface area contributed by atoms with E-state index in [1.807, 2.05) is 0 Å². The Hall–Kier alpha value is -0.950. The van der Waals surface area contributed by atoms with Crippen molar-refractivity contribution in [1.29, 1.82) is 0 Å². The molecular weight excluding hydrogens is 332 g/mol. The van der Waals surface area contributed by atoms with E-state index >= 15 is 0 Å². The minimum atomic E-state index is -5.33. The van der Waals surface area contributed by atoms with E-state index in [1.54, 1.807) is 37.3 Å². The van der Waals surface area contributed by atoms with Gasteiger partial charge in [0.15, 0.2) is 5.92 Å². The molecule has 0 saturated carbocycles. The summed E-state index contributed by atoms with van der Waals surface area (Å²) in [4.78, 5) is 0. The van der Waals surface area contributed by atoms with Crippen molar-refractivity contribution in [3.63, 3.8) is 0 Å². The fourth-order valence-corrected chi connectivity index (χ4v) is 2.25. The van der Waals surface area contributed by atoms with E-state index in [0.29, 0.717) is 5.56 Å². The van der Waals surface area contributed by atoms with Gasteiger partial charge < -0.3 is 5.32 Å². The topological polar surface area (TPSA) is 12.0 Å². The summed E-state index contributed by atoms with van der Waals surface area (Å²) in [6.07, 6.45) is -10.9. The van der Waals surface area contributed by atoms with Crippen molar-refractivity contribution in [1.82, 2.24) is 5.32 Å². The predicted octanol–water partition coefficient (Wildman–Crippen LogP) is 5.28. The fourth-order valence-electron chi connectivity index (χ4n) is 2.25. The molecule has 1 N–H and O–H groups in total. The monoisotopic (exact) mass is 349 g/mol. The highest BCUT2D eigenvalue weighted by molar-refractivity contribution is 5.85. The van der Waals surface area contributed by atoms with Crippen molar-refractivity contribution in [3.05, 3.63) is 35.9 Å². The minimum absolute atomic E-state index is 0. The zero-order chi connectivity index (χ0) is 16.3. The van der Waals surface area contributed by atoms with Crippen molar-refractivity contribution in [2.45, 2.75) is 44.7 Å². The average molecular weight is 350 g/mol. The van der Waals surface area contributed by atoms with E-state index in [4.69, 9.17) is 0 Å². The average Bonchev–Trinajstić information content (AvgIpc) is 2.35. The van der Waals surface area contributed by atoms with Crippen molar-refractivity contribution in [2.75, 3.05) is 0 Å². The highest BCUT2D eigenvalue weighted by atomic mass is 35.5. The molecular formula is C14H18ClF6N. The fraction of sp³-hybridized carbons (Fsp3) is 0.571. The van der Waals surface area contributed by atoms with Gasteiger partial charge in [-0.1, -0.05) is 37.3 Å². The van der Waals surface area contributed by atoms with Crippen LogP contribution in [0.4, 0.5) is 26.3 Å². The first kappa shape index (κ1) is 21.0. The molecule has 1 aromatic carbocycles. The van der Waals surface area contributed by atoms with Gasteiger partial charge in [0.25, 0.3) is 0 Å². The molecule has 0 spiro atoms. The molecule has 0 aliphatic heterocycles. The Labute approximate surface area is 131 Å². The molecule has 128 valence electrons. The predicted molar refractivity (Wildman–Crippen MR) is 74.9 cm³/mol. The van der Waals surface area contributed by atoms with Crippen molar-refractivity contribution in [2.24, 2.45) is 5.92 Å². The molecule has 0 bridgehead atoms. The first-order valence-corrected chi connectivity index (χ1v) is 6.51. The van der Waals surface area contributed by atoms with E-state index in [0.717, 1.165) is 0 Å². The second-order valence-electron chi connectivity index (χ2n) is 4.87. The zero-order valence-electron chi connectivity index (χ0n) is 12.0. The smallest absolute Gasteiger partial charge is 0.306 e. The van der Waals surface area contributed by atoms with Gasteiger partial charge in [0, 0.05) is 12.1 Å².